The predicted molar refractivity (Wildman–Crippen MR) is 109 cm³/mol. The number of hydrogen-bond acceptors (Lipinski definition) is 4. The lowest BCUT2D eigenvalue weighted by Gasteiger charge is -2.42. The molecule has 0 saturated heterocycles. The third kappa shape index (κ3) is 3.13. The van der Waals surface area contributed by atoms with Gasteiger partial charge in [0.15, 0.2) is 0 Å². The Morgan fingerprint density at radius 1 is 1.14 bits per heavy atom. The van der Waals surface area contributed by atoms with Crippen LogP contribution in [0.25, 0.3) is 0 Å². The number of nitrogens with one attached hydrogen (secondary N) is 2. The second-order valence-electron chi connectivity index (χ2n) is 6.22. The molecule has 1 aliphatic heterocycles. The monoisotopic (exact) mass is 413 g/mol. The SMILES string of the molecule is O=C1Nc2ccccc2C(O)(C(=O)NCc2cccs2)N1c1ccc(Cl)cc1. The van der Waals surface area contributed by atoms with E-state index in [2.05, 4.69) is 10.6 Å². The number of carbonyl (C=O) groups excluding carboxylic acids is 2. The van der Waals surface area contributed by atoms with E-state index < -0.39 is 17.7 Å². The summed E-state index contributed by atoms with van der Waals surface area (Å²) < 4.78 is 0. The molecule has 0 radical (unpaired) electrons. The fourth-order valence-electron chi connectivity index (χ4n) is 3.16. The van der Waals surface area contributed by atoms with Gasteiger partial charge >= 0.3 is 6.03 Å². The minimum absolute atomic E-state index is 0.247. The molecule has 1 aliphatic rings. The zero-order valence-electron chi connectivity index (χ0n) is 14.6. The van der Waals surface area contributed by atoms with E-state index in [0.29, 0.717) is 16.4 Å². The van der Waals surface area contributed by atoms with Crippen LogP contribution in [0.5, 0.6) is 0 Å². The number of urea groups is 1. The molecule has 0 aliphatic carbocycles. The first kappa shape index (κ1) is 18.5. The molecule has 3 amide bonds. The largest absolute Gasteiger partial charge is 0.359 e. The van der Waals surface area contributed by atoms with E-state index in [-0.39, 0.29) is 12.1 Å². The van der Waals surface area contributed by atoms with Crippen LogP contribution in [0.3, 0.4) is 0 Å². The summed E-state index contributed by atoms with van der Waals surface area (Å²) in [7, 11) is 0. The molecule has 3 N–H and O–H groups in total. The van der Waals surface area contributed by atoms with Crippen molar-refractivity contribution in [3.8, 4) is 0 Å². The van der Waals surface area contributed by atoms with Crippen LogP contribution in [0, 0.1) is 0 Å². The quantitative estimate of drug-likeness (QED) is 0.606. The average molecular weight is 414 g/mol. The number of benzene rings is 2. The van der Waals surface area contributed by atoms with Crippen molar-refractivity contribution in [1.29, 1.82) is 0 Å². The molecule has 1 unspecified atom stereocenters. The van der Waals surface area contributed by atoms with Gasteiger partial charge in [-0.3, -0.25) is 9.69 Å². The third-order valence-electron chi connectivity index (χ3n) is 4.48. The summed E-state index contributed by atoms with van der Waals surface area (Å²) in [5.74, 6) is -0.696. The second kappa shape index (κ2) is 7.27. The van der Waals surface area contributed by atoms with E-state index in [1.165, 1.54) is 11.3 Å². The van der Waals surface area contributed by atoms with E-state index in [9.17, 15) is 14.7 Å². The van der Waals surface area contributed by atoms with Crippen molar-refractivity contribution in [2.75, 3.05) is 10.2 Å². The van der Waals surface area contributed by atoms with Crippen molar-refractivity contribution >= 4 is 46.3 Å². The maximum atomic E-state index is 13.2. The van der Waals surface area contributed by atoms with Crippen LogP contribution in [0.2, 0.25) is 5.02 Å². The summed E-state index contributed by atoms with van der Waals surface area (Å²) in [6.45, 7) is 0.247. The molecule has 142 valence electrons. The summed E-state index contributed by atoms with van der Waals surface area (Å²) in [5, 5.41) is 19.4. The first-order valence-corrected chi connectivity index (χ1v) is 9.75. The van der Waals surface area contributed by atoms with Crippen molar-refractivity contribution in [2.24, 2.45) is 0 Å². The van der Waals surface area contributed by atoms with Crippen molar-refractivity contribution in [3.63, 3.8) is 0 Å². The van der Waals surface area contributed by atoms with Crippen LogP contribution in [-0.2, 0) is 17.1 Å². The van der Waals surface area contributed by atoms with Crippen molar-refractivity contribution in [3.05, 3.63) is 81.5 Å². The minimum atomic E-state index is -2.22. The number of halogens is 1. The Bertz CT molecular complexity index is 1020. The fourth-order valence-corrected chi connectivity index (χ4v) is 3.93. The van der Waals surface area contributed by atoms with Gasteiger partial charge in [0.1, 0.15) is 0 Å². The molecule has 6 nitrogen and oxygen atoms in total. The summed E-state index contributed by atoms with van der Waals surface area (Å²) in [5.41, 5.74) is -1.21. The van der Waals surface area contributed by atoms with Gasteiger partial charge < -0.3 is 15.7 Å². The lowest BCUT2D eigenvalue weighted by Crippen LogP contribution is -2.62. The second-order valence-corrected chi connectivity index (χ2v) is 7.69. The molecule has 1 atom stereocenters. The summed E-state index contributed by atoms with van der Waals surface area (Å²) in [6, 6.07) is 16.2. The number of thiophene rings is 1. The molecule has 0 saturated carbocycles. The smallest absolute Gasteiger partial charge is 0.329 e. The zero-order valence-corrected chi connectivity index (χ0v) is 16.1. The first-order chi connectivity index (χ1) is 13.5. The van der Waals surface area contributed by atoms with Crippen LogP contribution >= 0.6 is 22.9 Å². The first-order valence-electron chi connectivity index (χ1n) is 8.49. The Balaban J connectivity index is 1.78. The molecule has 28 heavy (non-hydrogen) atoms. The summed E-state index contributed by atoms with van der Waals surface area (Å²) in [4.78, 5) is 28.0. The Labute approximate surface area is 170 Å². The van der Waals surface area contributed by atoms with Gasteiger partial charge in [-0.1, -0.05) is 35.9 Å². The number of amides is 3. The Morgan fingerprint density at radius 3 is 2.61 bits per heavy atom. The minimum Gasteiger partial charge on any atom is -0.359 e. The number of aliphatic hydroxyl groups is 1. The molecule has 2 heterocycles. The van der Waals surface area contributed by atoms with E-state index >= 15 is 0 Å². The van der Waals surface area contributed by atoms with Gasteiger partial charge in [-0.2, -0.15) is 0 Å². The Kier molecular flexibility index (Phi) is 4.80. The van der Waals surface area contributed by atoms with Gasteiger partial charge in [-0.15, -0.1) is 11.3 Å². The molecule has 0 spiro atoms. The lowest BCUT2D eigenvalue weighted by molar-refractivity contribution is -0.140. The van der Waals surface area contributed by atoms with Gasteiger partial charge in [0.25, 0.3) is 11.6 Å². The lowest BCUT2D eigenvalue weighted by atomic mass is 9.95. The molecule has 3 aromatic rings. The zero-order chi connectivity index (χ0) is 19.7. The Hall–Kier alpha value is -2.87. The van der Waals surface area contributed by atoms with Crippen molar-refractivity contribution in [2.45, 2.75) is 12.3 Å². The van der Waals surface area contributed by atoms with Crippen LogP contribution in [0.4, 0.5) is 16.2 Å². The van der Waals surface area contributed by atoms with E-state index in [1.807, 2.05) is 17.5 Å². The molecule has 1 aromatic heterocycles. The number of carbonyl (C=O) groups is 2. The van der Waals surface area contributed by atoms with Gasteiger partial charge in [0, 0.05) is 21.2 Å². The number of nitrogens with zero attached hydrogens (tertiary/aromatic N) is 1. The summed E-state index contributed by atoms with van der Waals surface area (Å²) in [6.07, 6.45) is 0. The molecular weight excluding hydrogens is 398 g/mol. The highest BCUT2D eigenvalue weighted by Crippen LogP contribution is 2.40. The maximum Gasteiger partial charge on any atom is 0.329 e. The standard InChI is InChI=1S/C20H16ClN3O3S/c21-13-7-9-14(10-8-13)24-19(26)23-17-6-2-1-5-16(17)20(24,27)18(25)22-12-15-4-3-11-28-15/h1-11,27H,12H2,(H,22,25)(H,23,26). The van der Waals surface area contributed by atoms with Gasteiger partial charge in [-0.05, 0) is 41.8 Å². The topological polar surface area (TPSA) is 81.7 Å². The third-order valence-corrected chi connectivity index (χ3v) is 5.60. The predicted octanol–water partition coefficient (Wildman–Crippen LogP) is 3.92. The Morgan fingerprint density at radius 2 is 1.89 bits per heavy atom. The highest BCUT2D eigenvalue weighted by molar-refractivity contribution is 7.09. The van der Waals surface area contributed by atoms with E-state index in [1.54, 1.807) is 48.5 Å². The molecule has 2 aromatic carbocycles. The van der Waals surface area contributed by atoms with Crippen LogP contribution < -0.4 is 15.5 Å². The van der Waals surface area contributed by atoms with E-state index in [4.69, 9.17) is 11.6 Å². The summed E-state index contributed by atoms with van der Waals surface area (Å²) >= 11 is 7.44. The van der Waals surface area contributed by atoms with Crippen LogP contribution in [0.1, 0.15) is 10.4 Å². The maximum absolute atomic E-state index is 13.2. The van der Waals surface area contributed by atoms with Gasteiger partial charge in [0.2, 0.25) is 0 Å². The van der Waals surface area contributed by atoms with Crippen LogP contribution in [-0.4, -0.2) is 17.0 Å². The van der Waals surface area contributed by atoms with E-state index in [0.717, 1.165) is 9.78 Å². The number of rotatable bonds is 4. The van der Waals surface area contributed by atoms with Gasteiger partial charge in [-0.25, -0.2) is 4.79 Å². The highest BCUT2D eigenvalue weighted by Gasteiger charge is 2.51. The van der Waals surface area contributed by atoms with Crippen molar-refractivity contribution in [1.82, 2.24) is 5.32 Å². The molecular formula is C20H16ClN3O3S. The molecule has 4 rings (SSSR count). The highest BCUT2D eigenvalue weighted by atomic mass is 35.5. The normalized spacial score (nSPS) is 18.4. The number of hydrogen-bond donors (Lipinski definition) is 3. The number of para-hydroxylation sites is 1. The molecule has 0 bridgehead atoms. The van der Waals surface area contributed by atoms with Gasteiger partial charge in [0.05, 0.1) is 12.2 Å². The van der Waals surface area contributed by atoms with Crippen molar-refractivity contribution < 1.29 is 14.7 Å². The fraction of sp³-hybridized carbons (Fsp3) is 0.100. The molecule has 0 fully saturated rings. The van der Waals surface area contributed by atoms with Crippen LogP contribution in [0.15, 0.2) is 66.0 Å². The average Bonchev–Trinajstić information content (AvgIpc) is 3.21. The molecule has 8 heteroatoms. The number of anilines is 2. The number of fused-ring (bicyclic) bond motifs is 1.